The fraction of sp³-hybridized carbons (Fsp3) is 0.0476. The van der Waals surface area contributed by atoms with Crippen LogP contribution in [-0.4, -0.2) is 7.05 Å². The molecule has 0 aliphatic rings. The van der Waals surface area contributed by atoms with E-state index in [-0.39, 0.29) is 0 Å². The Kier molecular flexibility index (Phi) is 8.52. The minimum atomic E-state index is 0.970. The molecular formula is C42H36N2. The number of hydrogen-bond donors (Lipinski definition) is 0. The minimum Gasteiger partial charge on any atom is -0.345 e. The number of nitrogens with zero attached hydrogens (tertiary/aromatic N) is 2. The van der Waals surface area contributed by atoms with Crippen LogP contribution in [-0.2, 0) is 0 Å². The predicted octanol–water partition coefficient (Wildman–Crippen LogP) is 11.6. The Hall–Kier alpha value is -5.60. The maximum absolute atomic E-state index is 4.32. The van der Waals surface area contributed by atoms with Crippen molar-refractivity contribution in [2.75, 3.05) is 16.8 Å². The van der Waals surface area contributed by atoms with Crippen LogP contribution in [0.2, 0.25) is 0 Å². The average Bonchev–Trinajstić information content (AvgIpc) is 3.10. The van der Waals surface area contributed by atoms with E-state index in [9.17, 15) is 0 Å². The molecule has 0 bridgehead atoms. The highest BCUT2D eigenvalue weighted by molar-refractivity contribution is 5.88. The van der Waals surface area contributed by atoms with Gasteiger partial charge in [0.25, 0.3) is 0 Å². The first kappa shape index (κ1) is 28.5. The molecule has 0 saturated heterocycles. The first-order valence-corrected chi connectivity index (χ1v) is 15.0. The summed E-state index contributed by atoms with van der Waals surface area (Å²) in [6.45, 7) is 6.41. The third-order valence-corrected chi connectivity index (χ3v) is 7.98. The van der Waals surface area contributed by atoms with Gasteiger partial charge in [-0.2, -0.15) is 0 Å². The summed E-state index contributed by atoms with van der Waals surface area (Å²) >= 11 is 0. The molecular weight excluding hydrogens is 532 g/mol. The molecule has 0 N–H and O–H groups in total. The van der Waals surface area contributed by atoms with Gasteiger partial charge in [-0.3, -0.25) is 0 Å². The van der Waals surface area contributed by atoms with E-state index in [0.29, 0.717) is 0 Å². The summed E-state index contributed by atoms with van der Waals surface area (Å²) in [6.07, 6.45) is 6.40. The molecule has 0 amide bonds. The molecule has 0 radical (unpaired) electrons. The molecule has 0 heterocycles. The van der Waals surface area contributed by atoms with Crippen LogP contribution in [0.3, 0.4) is 0 Å². The molecule has 0 saturated carbocycles. The van der Waals surface area contributed by atoms with E-state index in [0.717, 1.165) is 39.6 Å². The molecule has 0 fully saturated rings. The summed E-state index contributed by atoms with van der Waals surface area (Å²) in [5.74, 6) is 0. The highest BCUT2D eigenvalue weighted by atomic mass is 15.1. The SMILES string of the molecule is C=C(/C=C\C(=C/C)N(c1ccc(N(C)c2cccc(-c3ccccc3)c2)cc1)c1ccc2ccccc2c1)c1ccccc1. The third kappa shape index (κ3) is 6.25. The highest BCUT2D eigenvalue weighted by Crippen LogP contribution is 2.35. The first-order valence-electron chi connectivity index (χ1n) is 15.0. The van der Waals surface area contributed by atoms with E-state index in [1.807, 2.05) is 18.2 Å². The van der Waals surface area contributed by atoms with Crippen LogP contribution in [0, 0.1) is 0 Å². The zero-order valence-electron chi connectivity index (χ0n) is 25.3. The topological polar surface area (TPSA) is 6.48 Å². The van der Waals surface area contributed by atoms with Gasteiger partial charge in [0.05, 0.1) is 0 Å². The van der Waals surface area contributed by atoms with Crippen molar-refractivity contribution in [1.82, 2.24) is 0 Å². The normalized spacial score (nSPS) is 11.5. The number of allylic oxidation sites excluding steroid dienone is 4. The molecule has 2 heteroatoms. The molecule has 0 atom stereocenters. The summed E-state index contributed by atoms with van der Waals surface area (Å²) in [7, 11) is 2.12. The van der Waals surface area contributed by atoms with E-state index >= 15 is 0 Å². The van der Waals surface area contributed by atoms with Gasteiger partial charge in [-0.25, -0.2) is 0 Å². The molecule has 0 aromatic heterocycles. The number of fused-ring (bicyclic) bond motifs is 1. The average molecular weight is 569 g/mol. The first-order chi connectivity index (χ1) is 21.6. The summed E-state index contributed by atoms with van der Waals surface area (Å²) in [4.78, 5) is 4.54. The number of hydrogen-bond acceptors (Lipinski definition) is 2. The molecule has 6 aromatic carbocycles. The predicted molar refractivity (Wildman–Crippen MR) is 191 cm³/mol. The smallest absolute Gasteiger partial charge is 0.0467 e. The van der Waals surface area contributed by atoms with Crippen LogP contribution in [0.4, 0.5) is 22.7 Å². The maximum Gasteiger partial charge on any atom is 0.0467 e. The van der Waals surface area contributed by atoms with Crippen LogP contribution < -0.4 is 9.80 Å². The Balaban J connectivity index is 1.34. The Bertz CT molecular complexity index is 1930. The van der Waals surface area contributed by atoms with Gasteiger partial charge in [-0.15, -0.1) is 0 Å². The Morgan fingerprint density at radius 1 is 0.523 bits per heavy atom. The van der Waals surface area contributed by atoms with Gasteiger partial charge < -0.3 is 9.80 Å². The second-order valence-electron chi connectivity index (χ2n) is 10.8. The summed E-state index contributed by atoms with van der Waals surface area (Å²) < 4.78 is 0. The van der Waals surface area contributed by atoms with Crippen LogP contribution in [0.15, 0.2) is 182 Å². The second kappa shape index (κ2) is 13.1. The van der Waals surface area contributed by atoms with Gasteiger partial charge in [-0.1, -0.05) is 122 Å². The minimum absolute atomic E-state index is 0.970. The molecule has 44 heavy (non-hydrogen) atoms. The van der Waals surface area contributed by atoms with Crippen molar-refractivity contribution in [3.63, 3.8) is 0 Å². The lowest BCUT2D eigenvalue weighted by Gasteiger charge is -2.28. The van der Waals surface area contributed by atoms with Gasteiger partial charge >= 0.3 is 0 Å². The van der Waals surface area contributed by atoms with Crippen LogP contribution in [0.5, 0.6) is 0 Å². The zero-order chi connectivity index (χ0) is 30.3. The summed E-state index contributed by atoms with van der Waals surface area (Å²) in [5, 5.41) is 2.43. The molecule has 6 rings (SSSR count). The molecule has 6 aromatic rings. The lowest BCUT2D eigenvalue weighted by atomic mass is 10.0. The molecule has 214 valence electrons. The van der Waals surface area contributed by atoms with Gasteiger partial charge in [-0.05, 0) is 94.6 Å². The van der Waals surface area contributed by atoms with Crippen LogP contribution >= 0.6 is 0 Å². The van der Waals surface area contributed by atoms with Crippen molar-refractivity contribution in [3.8, 4) is 11.1 Å². The van der Waals surface area contributed by atoms with Gasteiger partial charge in [0, 0.05) is 35.5 Å². The van der Waals surface area contributed by atoms with Gasteiger partial charge in [0.15, 0.2) is 0 Å². The van der Waals surface area contributed by atoms with E-state index in [4.69, 9.17) is 0 Å². The Labute approximate surface area is 261 Å². The van der Waals surface area contributed by atoms with Crippen LogP contribution in [0.25, 0.3) is 27.5 Å². The number of rotatable bonds is 9. The Morgan fingerprint density at radius 3 is 1.86 bits per heavy atom. The maximum atomic E-state index is 4.32. The van der Waals surface area contributed by atoms with Gasteiger partial charge in [0.1, 0.15) is 0 Å². The van der Waals surface area contributed by atoms with Crippen molar-refractivity contribution < 1.29 is 0 Å². The molecule has 0 unspecified atom stereocenters. The van der Waals surface area contributed by atoms with Crippen molar-refractivity contribution >= 4 is 39.1 Å². The second-order valence-corrected chi connectivity index (χ2v) is 10.8. The van der Waals surface area contributed by atoms with E-state index in [1.165, 1.54) is 21.9 Å². The molecule has 0 aliphatic heterocycles. The van der Waals surface area contributed by atoms with Crippen molar-refractivity contribution in [3.05, 3.63) is 188 Å². The lowest BCUT2D eigenvalue weighted by Crippen LogP contribution is -2.15. The standard InChI is InChI=1S/C42H36N2/c1-4-38(24-22-32(2)33-14-7-5-8-15-33)44(42-25-23-35-18-11-12-19-36(35)31-42)40-28-26-39(27-29-40)43(3)41-21-13-20-37(30-41)34-16-9-6-10-17-34/h4-31H,2H2,1,3H3/b24-22-,38-4+. The summed E-state index contributed by atoms with van der Waals surface area (Å²) in [6, 6.07) is 53.4. The quantitative estimate of drug-likeness (QED) is 0.160. The fourth-order valence-corrected chi connectivity index (χ4v) is 5.50. The zero-order valence-corrected chi connectivity index (χ0v) is 25.3. The monoisotopic (exact) mass is 568 g/mol. The van der Waals surface area contributed by atoms with E-state index in [1.54, 1.807) is 0 Å². The third-order valence-electron chi connectivity index (χ3n) is 7.98. The Morgan fingerprint density at radius 2 is 1.14 bits per heavy atom. The number of benzene rings is 6. The highest BCUT2D eigenvalue weighted by Gasteiger charge is 2.15. The van der Waals surface area contributed by atoms with Crippen molar-refractivity contribution in [2.24, 2.45) is 0 Å². The largest absolute Gasteiger partial charge is 0.345 e. The van der Waals surface area contributed by atoms with E-state index < -0.39 is 0 Å². The summed E-state index contributed by atoms with van der Waals surface area (Å²) in [5.41, 5.74) is 10.0. The van der Waals surface area contributed by atoms with E-state index in [2.05, 4.69) is 182 Å². The van der Waals surface area contributed by atoms with Crippen molar-refractivity contribution in [2.45, 2.75) is 6.92 Å². The number of anilines is 4. The lowest BCUT2D eigenvalue weighted by molar-refractivity contribution is 1.18. The van der Waals surface area contributed by atoms with Crippen molar-refractivity contribution in [1.29, 1.82) is 0 Å². The molecule has 0 spiro atoms. The van der Waals surface area contributed by atoms with Gasteiger partial charge in [0.2, 0.25) is 0 Å². The molecule has 0 aliphatic carbocycles. The van der Waals surface area contributed by atoms with Crippen LogP contribution in [0.1, 0.15) is 12.5 Å². The fourth-order valence-electron chi connectivity index (χ4n) is 5.50. The molecule has 2 nitrogen and oxygen atoms in total.